The summed E-state index contributed by atoms with van der Waals surface area (Å²) in [7, 11) is 0. The Balaban J connectivity index is 1.94. The summed E-state index contributed by atoms with van der Waals surface area (Å²) in [6.45, 7) is 2.34. The van der Waals surface area contributed by atoms with Gasteiger partial charge in [0.1, 0.15) is 0 Å². The normalized spacial score (nSPS) is 22.8. The van der Waals surface area contributed by atoms with E-state index >= 15 is 0 Å². The molecule has 2 heterocycles. The van der Waals surface area contributed by atoms with Crippen molar-refractivity contribution >= 4 is 0 Å². The highest BCUT2D eigenvalue weighted by Gasteiger charge is 2.14. The Kier molecular flexibility index (Phi) is 2.37. The van der Waals surface area contributed by atoms with Crippen LogP contribution in [0.4, 0.5) is 0 Å². The molecule has 1 aromatic rings. The summed E-state index contributed by atoms with van der Waals surface area (Å²) < 4.78 is 0. The highest BCUT2D eigenvalue weighted by atomic mass is 14.9. The highest BCUT2D eigenvalue weighted by molar-refractivity contribution is 5.04. The summed E-state index contributed by atoms with van der Waals surface area (Å²) in [5, 5.41) is 3.36. The molecule has 1 aromatic heterocycles. The summed E-state index contributed by atoms with van der Waals surface area (Å²) in [4.78, 5) is 4.31. The number of pyridine rings is 1. The van der Waals surface area contributed by atoms with Crippen LogP contribution < -0.4 is 5.32 Å². The van der Waals surface area contributed by atoms with Crippen LogP contribution in [0.2, 0.25) is 0 Å². The van der Waals surface area contributed by atoms with E-state index in [0.717, 1.165) is 18.9 Å². The van der Waals surface area contributed by atoms with Gasteiger partial charge in [-0.2, -0.15) is 0 Å². The Labute approximate surface area is 73.0 Å². The third kappa shape index (κ3) is 1.83. The fraction of sp³-hybridized carbons (Fsp3) is 0.500. The summed E-state index contributed by atoms with van der Waals surface area (Å²) in [6.07, 6.45) is 4.31. The van der Waals surface area contributed by atoms with Crippen LogP contribution in [0, 0.1) is 5.92 Å². The Morgan fingerprint density at radius 1 is 1.50 bits per heavy atom. The van der Waals surface area contributed by atoms with Crippen molar-refractivity contribution in [2.24, 2.45) is 5.92 Å². The lowest BCUT2D eigenvalue weighted by molar-refractivity contribution is 0.572. The molecular weight excluding hydrogens is 148 g/mol. The SMILES string of the molecule is c1ccc(C[C@H]2CCNC2)nc1. The van der Waals surface area contributed by atoms with Gasteiger partial charge in [0.05, 0.1) is 0 Å². The van der Waals surface area contributed by atoms with Gasteiger partial charge in [-0.15, -0.1) is 0 Å². The van der Waals surface area contributed by atoms with E-state index in [-0.39, 0.29) is 0 Å². The van der Waals surface area contributed by atoms with Crippen LogP contribution in [0.3, 0.4) is 0 Å². The molecule has 0 saturated carbocycles. The predicted octanol–water partition coefficient (Wildman–Crippen LogP) is 1.23. The van der Waals surface area contributed by atoms with E-state index in [9.17, 15) is 0 Å². The van der Waals surface area contributed by atoms with Gasteiger partial charge in [-0.05, 0) is 44.0 Å². The quantitative estimate of drug-likeness (QED) is 0.707. The van der Waals surface area contributed by atoms with Crippen molar-refractivity contribution in [1.82, 2.24) is 10.3 Å². The molecule has 1 aliphatic rings. The molecule has 1 saturated heterocycles. The van der Waals surface area contributed by atoms with Gasteiger partial charge in [-0.25, -0.2) is 0 Å². The second-order valence-electron chi connectivity index (χ2n) is 3.38. The fourth-order valence-corrected chi connectivity index (χ4v) is 1.70. The molecular formula is C10H14N2. The van der Waals surface area contributed by atoms with Gasteiger partial charge >= 0.3 is 0 Å². The molecule has 1 N–H and O–H groups in total. The molecule has 0 amide bonds. The van der Waals surface area contributed by atoms with Crippen LogP contribution >= 0.6 is 0 Å². The second-order valence-corrected chi connectivity index (χ2v) is 3.38. The van der Waals surface area contributed by atoms with Gasteiger partial charge in [0, 0.05) is 11.9 Å². The average molecular weight is 162 g/mol. The van der Waals surface area contributed by atoms with Gasteiger partial charge in [-0.1, -0.05) is 6.07 Å². The van der Waals surface area contributed by atoms with Gasteiger partial charge < -0.3 is 5.32 Å². The zero-order chi connectivity index (χ0) is 8.23. The largest absolute Gasteiger partial charge is 0.316 e. The number of nitrogens with one attached hydrogen (secondary N) is 1. The van der Waals surface area contributed by atoms with Crippen molar-refractivity contribution in [3.8, 4) is 0 Å². The van der Waals surface area contributed by atoms with Crippen LogP contribution in [0.15, 0.2) is 24.4 Å². The molecule has 2 rings (SSSR count). The van der Waals surface area contributed by atoms with E-state index in [0.29, 0.717) is 0 Å². The lowest BCUT2D eigenvalue weighted by Crippen LogP contribution is -2.11. The molecule has 1 fully saturated rings. The zero-order valence-corrected chi connectivity index (χ0v) is 7.16. The predicted molar refractivity (Wildman–Crippen MR) is 48.9 cm³/mol. The number of hydrogen-bond acceptors (Lipinski definition) is 2. The maximum atomic E-state index is 4.31. The van der Waals surface area contributed by atoms with Crippen LogP contribution in [0.25, 0.3) is 0 Å². The molecule has 1 aliphatic heterocycles. The topological polar surface area (TPSA) is 24.9 Å². The Morgan fingerprint density at radius 3 is 3.17 bits per heavy atom. The van der Waals surface area contributed by atoms with E-state index in [4.69, 9.17) is 0 Å². The van der Waals surface area contributed by atoms with E-state index in [1.807, 2.05) is 12.3 Å². The molecule has 0 radical (unpaired) electrons. The lowest BCUT2D eigenvalue weighted by atomic mass is 10.0. The minimum atomic E-state index is 0.805. The number of hydrogen-bond donors (Lipinski definition) is 1. The molecule has 0 spiro atoms. The summed E-state index contributed by atoms with van der Waals surface area (Å²) in [5.74, 6) is 0.805. The third-order valence-corrected chi connectivity index (χ3v) is 2.39. The standard InChI is InChI=1S/C10H14N2/c1-2-5-12-10(3-1)7-9-4-6-11-8-9/h1-3,5,9,11H,4,6-8H2/t9-/m1/s1. The van der Waals surface area contributed by atoms with Crippen LogP contribution in [-0.4, -0.2) is 18.1 Å². The monoisotopic (exact) mass is 162 g/mol. The van der Waals surface area contributed by atoms with E-state index < -0.39 is 0 Å². The lowest BCUT2D eigenvalue weighted by Gasteiger charge is -2.05. The molecule has 0 aliphatic carbocycles. The van der Waals surface area contributed by atoms with E-state index in [1.54, 1.807) is 0 Å². The number of nitrogens with zero attached hydrogens (tertiary/aromatic N) is 1. The molecule has 2 nitrogen and oxygen atoms in total. The minimum absolute atomic E-state index is 0.805. The molecule has 64 valence electrons. The van der Waals surface area contributed by atoms with Crippen LogP contribution in [-0.2, 0) is 6.42 Å². The van der Waals surface area contributed by atoms with Crippen LogP contribution in [0.5, 0.6) is 0 Å². The second kappa shape index (κ2) is 3.68. The van der Waals surface area contributed by atoms with Gasteiger partial charge in [-0.3, -0.25) is 4.98 Å². The van der Waals surface area contributed by atoms with Gasteiger partial charge in [0.15, 0.2) is 0 Å². The minimum Gasteiger partial charge on any atom is -0.316 e. The molecule has 1 atom stereocenters. The molecule has 12 heavy (non-hydrogen) atoms. The van der Waals surface area contributed by atoms with Crippen LogP contribution in [0.1, 0.15) is 12.1 Å². The van der Waals surface area contributed by atoms with Crippen molar-refractivity contribution in [2.75, 3.05) is 13.1 Å². The zero-order valence-electron chi connectivity index (χ0n) is 7.16. The number of rotatable bonds is 2. The molecule has 2 heteroatoms. The molecule has 0 unspecified atom stereocenters. The van der Waals surface area contributed by atoms with E-state index in [1.165, 1.54) is 18.7 Å². The maximum absolute atomic E-state index is 4.31. The van der Waals surface area contributed by atoms with Crippen molar-refractivity contribution < 1.29 is 0 Å². The number of aromatic nitrogens is 1. The van der Waals surface area contributed by atoms with Gasteiger partial charge in [0.25, 0.3) is 0 Å². The first-order chi connectivity index (χ1) is 5.95. The van der Waals surface area contributed by atoms with Gasteiger partial charge in [0.2, 0.25) is 0 Å². The fourth-order valence-electron chi connectivity index (χ4n) is 1.70. The summed E-state index contributed by atoms with van der Waals surface area (Å²) in [5.41, 5.74) is 1.23. The van der Waals surface area contributed by atoms with Crippen molar-refractivity contribution in [1.29, 1.82) is 0 Å². The van der Waals surface area contributed by atoms with E-state index in [2.05, 4.69) is 22.4 Å². The summed E-state index contributed by atoms with van der Waals surface area (Å²) in [6, 6.07) is 6.14. The third-order valence-electron chi connectivity index (χ3n) is 2.39. The smallest absolute Gasteiger partial charge is 0.0406 e. The first-order valence-corrected chi connectivity index (χ1v) is 4.56. The molecule has 0 aromatic carbocycles. The summed E-state index contributed by atoms with van der Waals surface area (Å²) >= 11 is 0. The highest BCUT2D eigenvalue weighted by Crippen LogP contribution is 2.12. The Morgan fingerprint density at radius 2 is 2.50 bits per heavy atom. The first-order valence-electron chi connectivity index (χ1n) is 4.56. The molecule has 0 bridgehead atoms. The van der Waals surface area contributed by atoms with Crippen molar-refractivity contribution in [2.45, 2.75) is 12.8 Å². The average Bonchev–Trinajstić information content (AvgIpc) is 2.59. The Bertz CT molecular complexity index is 227. The maximum Gasteiger partial charge on any atom is 0.0406 e. The first kappa shape index (κ1) is 7.74. The van der Waals surface area contributed by atoms with Crippen molar-refractivity contribution in [3.63, 3.8) is 0 Å². The Hall–Kier alpha value is -0.890. The van der Waals surface area contributed by atoms with Crippen molar-refractivity contribution in [3.05, 3.63) is 30.1 Å².